The van der Waals surface area contributed by atoms with E-state index in [0.29, 0.717) is 0 Å². The SMILES string of the molecule is CN1CCCc2cc3c(cc21)CCC=N3. The van der Waals surface area contributed by atoms with Crippen molar-refractivity contribution in [2.24, 2.45) is 4.99 Å². The summed E-state index contributed by atoms with van der Waals surface area (Å²) in [6.45, 7) is 1.19. The molecule has 0 amide bonds. The third kappa shape index (κ3) is 1.44. The Morgan fingerprint density at radius 1 is 1.20 bits per heavy atom. The third-order valence-electron chi connectivity index (χ3n) is 3.40. The van der Waals surface area contributed by atoms with Crippen LogP contribution in [0.15, 0.2) is 17.1 Å². The highest BCUT2D eigenvalue weighted by atomic mass is 15.1. The van der Waals surface area contributed by atoms with Crippen molar-refractivity contribution in [2.75, 3.05) is 18.5 Å². The lowest BCUT2D eigenvalue weighted by molar-refractivity contribution is 0.743. The standard InChI is InChI=1S/C13H16N2/c1-15-7-3-5-11-8-12-10(9-13(11)15)4-2-6-14-12/h6,8-9H,2-5,7H2,1H3. The van der Waals surface area contributed by atoms with Gasteiger partial charge in [-0.3, -0.25) is 4.99 Å². The van der Waals surface area contributed by atoms with Crippen LogP contribution in [-0.4, -0.2) is 19.8 Å². The fraction of sp³-hybridized carbons (Fsp3) is 0.462. The van der Waals surface area contributed by atoms with Gasteiger partial charge in [-0.1, -0.05) is 0 Å². The molecule has 0 aromatic heterocycles. The molecular weight excluding hydrogens is 184 g/mol. The van der Waals surface area contributed by atoms with Crippen LogP contribution in [0.2, 0.25) is 0 Å². The lowest BCUT2D eigenvalue weighted by Crippen LogP contribution is -2.24. The summed E-state index contributed by atoms with van der Waals surface area (Å²) in [4.78, 5) is 6.86. The van der Waals surface area contributed by atoms with E-state index in [9.17, 15) is 0 Å². The van der Waals surface area contributed by atoms with Gasteiger partial charge in [-0.15, -0.1) is 0 Å². The molecule has 15 heavy (non-hydrogen) atoms. The number of benzene rings is 1. The van der Waals surface area contributed by atoms with Crippen molar-refractivity contribution in [2.45, 2.75) is 25.7 Å². The Kier molecular flexibility index (Phi) is 2.01. The van der Waals surface area contributed by atoms with Gasteiger partial charge in [0.25, 0.3) is 0 Å². The van der Waals surface area contributed by atoms with E-state index in [1.165, 1.54) is 41.9 Å². The lowest BCUT2D eigenvalue weighted by Gasteiger charge is -2.29. The number of aryl methyl sites for hydroxylation is 2. The number of anilines is 1. The quantitative estimate of drug-likeness (QED) is 0.628. The summed E-state index contributed by atoms with van der Waals surface area (Å²) in [6, 6.07) is 4.64. The average molecular weight is 200 g/mol. The van der Waals surface area contributed by atoms with Crippen LogP contribution < -0.4 is 4.90 Å². The van der Waals surface area contributed by atoms with Crippen LogP contribution in [0.3, 0.4) is 0 Å². The van der Waals surface area contributed by atoms with Gasteiger partial charge < -0.3 is 4.90 Å². The minimum atomic E-state index is 1.09. The second-order valence-electron chi connectivity index (χ2n) is 4.49. The van der Waals surface area contributed by atoms with Crippen molar-refractivity contribution in [3.8, 4) is 0 Å². The minimum absolute atomic E-state index is 1.09. The predicted molar refractivity (Wildman–Crippen MR) is 64.5 cm³/mol. The monoisotopic (exact) mass is 200 g/mol. The maximum absolute atomic E-state index is 4.48. The van der Waals surface area contributed by atoms with Gasteiger partial charge in [-0.2, -0.15) is 0 Å². The molecule has 0 atom stereocenters. The average Bonchev–Trinajstić information content (AvgIpc) is 2.27. The van der Waals surface area contributed by atoms with Crippen molar-refractivity contribution in [1.82, 2.24) is 0 Å². The molecule has 2 aliphatic heterocycles. The zero-order chi connectivity index (χ0) is 10.3. The van der Waals surface area contributed by atoms with Gasteiger partial charge in [-0.05, 0) is 48.9 Å². The Bertz CT molecular complexity index is 421. The molecule has 2 nitrogen and oxygen atoms in total. The first kappa shape index (κ1) is 8.96. The van der Waals surface area contributed by atoms with Crippen molar-refractivity contribution in [3.63, 3.8) is 0 Å². The van der Waals surface area contributed by atoms with E-state index in [-0.39, 0.29) is 0 Å². The van der Waals surface area contributed by atoms with Gasteiger partial charge in [0.15, 0.2) is 0 Å². The molecule has 0 bridgehead atoms. The molecular formula is C13H16N2. The minimum Gasteiger partial charge on any atom is -0.374 e. The Balaban J connectivity index is 2.13. The molecule has 0 N–H and O–H groups in total. The Labute approximate surface area is 90.6 Å². The van der Waals surface area contributed by atoms with E-state index in [1.54, 1.807) is 0 Å². The molecule has 0 fully saturated rings. The number of hydrogen-bond donors (Lipinski definition) is 0. The van der Waals surface area contributed by atoms with E-state index in [4.69, 9.17) is 0 Å². The Morgan fingerprint density at radius 3 is 3.07 bits per heavy atom. The van der Waals surface area contributed by atoms with Crippen molar-refractivity contribution >= 4 is 17.6 Å². The molecule has 78 valence electrons. The zero-order valence-electron chi connectivity index (χ0n) is 9.16. The van der Waals surface area contributed by atoms with Crippen LogP contribution in [-0.2, 0) is 12.8 Å². The van der Waals surface area contributed by atoms with Crippen LogP contribution in [0.4, 0.5) is 11.4 Å². The van der Waals surface area contributed by atoms with E-state index >= 15 is 0 Å². The topological polar surface area (TPSA) is 15.6 Å². The number of nitrogens with zero attached hydrogens (tertiary/aromatic N) is 2. The molecule has 2 heterocycles. The molecule has 0 aliphatic carbocycles. The van der Waals surface area contributed by atoms with Gasteiger partial charge in [0, 0.05) is 25.5 Å². The van der Waals surface area contributed by atoms with Crippen LogP contribution >= 0.6 is 0 Å². The van der Waals surface area contributed by atoms with Gasteiger partial charge >= 0.3 is 0 Å². The number of hydrogen-bond acceptors (Lipinski definition) is 2. The van der Waals surface area contributed by atoms with Crippen LogP contribution in [0.5, 0.6) is 0 Å². The summed E-state index contributed by atoms with van der Waals surface area (Å²) in [5, 5.41) is 0. The smallest absolute Gasteiger partial charge is 0.0662 e. The molecule has 0 saturated heterocycles. The van der Waals surface area contributed by atoms with Gasteiger partial charge in [0.05, 0.1) is 5.69 Å². The first-order chi connectivity index (χ1) is 7.34. The maximum atomic E-state index is 4.48. The van der Waals surface area contributed by atoms with Crippen molar-refractivity contribution in [1.29, 1.82) is 0 Å². The Hall–Kier alpha value is -1.31. The highest BCUT2D eigenvalue weighted by molar-refractivity contribution is 5.73. The lowest BCUT2D eigenvalue weighted by atomic mass is 9.96. The highest BCUT2D eigenvalue weighted by Gasteiger charge is 2.17. The van der Waals surface area contributed by atoms with Crippen LogP contribution in [0.1, 0.15) is 24.0 Å². The summed E-state index contributed by atoms with van der Waals surface area (Å²) >= 11 is 0. The zero-order valence-corrected chi connectivity index (χ0v) is 9.16. The molecule has 0 unspecified atom stereocenters. The molecule has 0 spiro atoms. The predicted octanol–water partition coefficient (Wildman–Crippen LogP) is 2.72. The summed E-state index contributed by atoms with van der Waals surface area (Å²) in [5.74, 6) is 0. The van der Waals surface area contributed by atoms with E-state index in [1.807, 2.05) is 6.21 Å². The van der Waals surface area contributed by atoms with Gasteiger partial charge in [0.2, 0.25) is 0 Å². The highest BCUT2D eigenvalue weighted by Crippen LogP contribution is 2.34. The molecule has 0 radical (unpaired) electrons. The maximum Gasteiger partial charge on any atom is 0.0662 e. The second-order valence-corrected chi connectivity index (χ2v) is 4.49. The van der Waals surface area contributed by atoms with Crippen molar-refractivity contribution < 1.29 is 0 Å². The van der Waals surface area contributed by atoms with Crippen LogP contribution in [0, 0.1) is 0 Å². The fourth-order valence-corrected chi connectivity index (χ4v) is 2.55. The summed E-state index contributed by atoms with van der Waals surface area (Å²) in [5.41, 5.74) is 5.53. The molecule has 0 saturated carbocycles. The molecule has 2 heteroatoms. The Morgan fingerprint density at radius 2 is 2.13 bits per heavy atom. The summed E-state index contributed by atoms with van der Waals surface area (Å²) in [6.07, 6.45) is 6.77. The van der Waals surface area contributed by atoms with E-state index < -0.39 is 0 Å². The number of fused-ring (bicyclic) bond motifs is 2. The summed E-state index contributed by atoms with van der Waals surface area (Å²) in [7, 11) is 2.19. The third-order valence-corrected chi connectivity index (χ3v) is 3.40. The van der Waals surface area contributed by atoms with E-state index in [2.05, 4.69) is 29.1 Å². The molecule has 1 aromatic rings. The molecule has 1 aromatic carbocycles. The molecule has 2 aliphatic rings. The largest absolute Gasteiger partial charge is 0.374 e. The first-order valence-electron chi connectivity index (χ1n) is 5.74. The normalized spacial score (nSPS) is 18.6. The number of aliphatic imine (C=N–C) groups is 1. The van der Waals surface area contributed by atoms with Crippen LogP contribution in [0.25, 0.3) is 0 Å². The first-order valence-corrected chi connectivity index (χ1v) is 5.74. The van der Waals surface area contributed by atoms with E-state index in [0.717, 1.165) is 12.8 Å². The van der Waals surface area contributed by atoms with Gasteiger partial charge in [0.1, 0.15) is 0 Å². The van der Waals surface area contributed by atoms with Gasteiger partial charge in [-0.25, -0.2) is 0 Å². The van der Waals surface area contributed by atoms with Crippen molar-refractivity contribution in [3.05, 3.63) is 23.3 Å². The number of rotatable bonds is 0. The fourth-order valence-electron chi connectivity index (χ4n) is 2.55. The molecule has 3 rings (SSSR count). The second kappa shape index (κ2) is 3.37. The summed E-state index contributed by atoms with van der Waals surface area (Å²) < 4.78 is 0.